The van der Waals surface area contributed by atoms with E-state index in [-0.39, 0.29) is 30.1 Å². The summed E-state index contributed by atoms with van der Waals surface area (Å²) < 4.78 is 11.8. The monoisotopic (exact) mass is 459 g/mol. The molecular weight excluding hydrogens is 429 g/mol. The summed E-state index contributed by atoms with van der Waals surface area (Å²) in [6.07, 6.45) is 7.76. The lowest BCUT2D eigenvalue weighted by atomic mass is 10.1. The molecule has 1 aromatic rings. The van der Waals surface area contributed by atoms with E-state index >= 15 is 0 Å². The van der Waals surface area contributed by atoms with Crippen molar-refractivity contribution in [3.8, 4) is 5.75 Å². The van der Waals surface area contributed by atoms with Crippen LogP contribution in [-0.2, 0) is 11.2 Å². The van der Waals surface area contributed by atoms with Crippen LogP contribution in [0.15, 0.2) is 29.3 Å². The predicted molar refractivity (Wildman–Crippen MR) is 112 cm³/mol. The van der Waals surface area contributed by atoms with E-state index in [2.05, 4.69) is 27.8 Å². The summed E-state index contributed by atoms with van der Waals surface area (Å²) in [5.41, 5.74) is 1.29. The lowest BCUT2D eigenvalue weighted by Crippen LogP contribution is -2.42. The number of nitrogens with one attached hydrogen (secondary N) is 2. The van der Waals surface area contributed by atoms with Crippen molar-refractivity contribution in [3.05, 3.63) is 29.8 Å². The molecule has 2 N–H and O–H groups in total. The third-order valence-corrected chi connectivity index (χ3v) is 4.70. The van der Waals surface area contributed by atoms with Crippen molar-refractivity contribution in [2.24, 2.45) is 4.99 Å². The molecule has 0 saturated heterocycles. The van der Waals surface area contributed by atoms with Gasteiger partial charge in [-0.3, -0.25) is 4.99 Å². The molecule has 25 heavy (non-hydrogen) atoms. The van der Waals surface area contributed by atoms with Crippen molar-refractivity contribution in [3.63, 3.8) is 0 Å². The highest BCUT2D eigenvalue weighted by molar-refractivity contribution is 14.0. The van der Waals surface area contributed by atoms with Gasteiger partial charge in [0.1, 0.15) is 11.9 Å². The van der Waals surface area contributed by atoms with Gasteiger partial charge in [-0.1, -0.05) is 31.0 Å². The molecule has 1 aromatic carbocycles. The Morgan fingerprint density at radius 3 is 2.80 bits per heavy atom. The van der Waals surface area contributed by atoms with Crippen LogP contribution in [0.1, 0.15) is 37.7 Å². The van der Waals surface area contributed by atoms with E-state index < -0.39 is 0 Å². The van der Waals surface area contributed by atoms with Gasteiger partial charge in [0.05, 0.1) is 12.6 Å². The first-order valence-electron chi connectivity index (χ1n) is 9.16. The van der Waals surface area contributed by atoms with Gasteiger partial charge < -0.3 is 20.1 Å². The lowest BCUT2D eigenvalue weighted by molar-refractivity contribution is 0.0574. The van der Waals surface area contributed by atoms with Crippen molar-refractivity contribution < 1.29 is 9.47 Å². The molecule has 140 valence electrons. The SMILES string of the molecule is CN=C(NCCCOC1CCCC1)NCC1Cc2ccccc2O1.I. The van der Waals surface area contributed by atoms with Gasteiger partial charge in [-0.2, -0.15) is 0 Å². The number of halogens is 1. The average Bonchev–Trinajstić information content (AvgIpc) is 3.26. The Bertz CT molecular complexity index is 522. The Labute approximate surface area is 168 Å². The first-order chi connectivity index (χ1) is 11.8. The molecule has 6 heteroatoms. The molecule has 5 nitrogen and oxygen atoms in total. The molecule has 0 bridgehead atoms. The second-order valence-electron chi connectivity index (χ2n) is 6.56. The normalized spacial score (nSPS) is 19.9. The molecule has 1 saturated carbocycles. The van der Waals surface area contributed by atoms with Gasteiger partial charge in [0, 0.05) is 26.6 Å². The molecule has 0 aromatic heterocycles. The average molecular weight is 459 g/mol. The standard InChI is InChI=1S/C19H29N3O2.HI/c1-20-19(21-11-6-12-23-16-8-3-4-9-16)22-14-17-13-15-7-2-5-10-18(15)24-17;/h2,5,7,10,16-17H,3-4,6,8-9,11-14H2,1H3,(H2,20,21,22);1H. The zero-order chi connectivity index (χ0) is 16.6. The van der Waals surface area contributed by atoms with Crippen molar-refractivity contribution >= 4 is 29.9 Å². The molecule has 0 radical (unpaired) electrons. The number of para-hydroxylation sites is 1. The highest BCUT2D eigenvalue weighted by atomic mass is 127. The van der Waals surface area contributed by atoms with Crippen molar-refractivity contribution in [1.29, 1.82) is 0 Å². The number of hydrogen-bond donors (Lipinski definition) is 2. The van der Waals surface area contributed by atoms with Crippen LogP contribution in [0.3, 0.4) is 0 Å². The summed E-state index contributed by atoms with van der Waals surface area (Å²) in [7, 11) is 1.80. The summed E-state index contributed by atoms with van der Waals surface area (Å²) in [6.45, 7) is 2.46. The third-order valence-electron chi connectivity index (χ3n) is 4.70. The van der Waals surface area contributed by atoms with E-state index in [1.165, 1.54) is 31.2 Å². The third kappa shape index (κ3) is 6.33. The Hall–Kier alpha value is -1.02. The molecule has 3 rings (SSSR count). The van der Waals surface area contributed by atoms with Crippen LogP contribution in [0.2, 0.25) is 0 Å². The molecule has 2 aliphatic rings. The van der Waals surface area contributed by atoms with Crippen LogP contribution in [0.4, 0.5) is 0 Å². The van der Waals surface area contributed by atoms with Crippen LogP contribution in [0.25, 0.3) is 0 Å². The van der Waals surface area contributed by atoms with E-state index in [1.54, 1.807) is 7.05 Å². The van der Waals surface area contributed by atoms with Crippen molar-refractivity contribution in [2.45, 2.75) is 50.7 Å². The van der Waals surface area contributed by atoms with E-state index in [4.69, 9.17) is 9.47 Å². The van der Waals surface area contributed by atoms with Crippen LogP contribution in [-0.4, -0.2) is 44.9 Å². The molecule has 1 atom stereocenters. The number of fused-ring (bicyclic) bond motifs is 1. The number of aliphatic imine (C=N–C) groups is 1. The second-order valence-corrected chi connectivity index (χ2v) is 6.56. The van der Waals surface area contributed by atoms with Crippen LogP contribution < -0.4 is 15.4 Å². The number of nitrogens with zero attached hydrogens (tertiary/aromatic N) is 1. The molecule has 0 amide bonds. The van der Waals surface area contributed by atoms with Gasteiger partial charge in [-0.25, -0.2) is 0 Å². The molecule has 1 aliphatic heterocycles. The fourth-order valence-corrected chi connectivity index (χ4v) is 3.38. The van der Waals surface area contributed by atoms with Gasteiger partial charge >= 0.3 is 0 Å². The van der Waals surface area contributed by atoms with Crippen LogP contribution in [0, 0.1) is 0 Å². The maximum Gasteiger partial charge on any atom is 0.191 e. The minimum absolute atomic E-state index is 0. The maximum absolute atomic E-state index is 5.94. The Kier molecular flexibility index (Phi) is 8.81. The van der Waals surface area contributed by atoms with Gasteiger partial charge in [0.2, 0.25) is 0 Å². The van der Waals surface area contributed by atoms with Gasteiger partial charge in [-0.05, 0) is 30.9 Å². The predicted octanol–water partition coefficient (Wildman–Crippen LogP) is 3.12. The topological polar surface area (TPSA) is 54.9 Å². The highest BCUT2D eigenvalue weighted by Gasteiger charge is 2.22. The molecule has 1 heterocycles. The zero-order valence-corrected chi connectivity index (χ0v) is 17.3. The number of rotatable bonds is 7. The molecule has 1 unspecified atom stereocenters. The quantitative estimate of drug-likeness (QED) is 0.285. The number of benzene rings is 1. The van der Waals surface area contributed by atoms with E-state index in [1.807, 2.05) is 12.1 Å². The van der Waals surface area contributed by atoms with Gasteiger partial charge in [0.15, 0.2) is 5.96 Å². The van der Waals surface area contributed by atoms with E-state index in [0.29, 0.717) is 6.10 Å². The summed E-state index contributed by atoms with van der Waals surface area (Å²) >= 11 is 0. The van der Waals surface area contributed by atoms with Gasteiger partial charge in [-0.15, -0.1) is 24.0 Å². The smallest absolute Gasteiger partial charge is 0.191 e. The van der Waals surface area contributed by atoms with Gasteiger partial charge in [0.25, 0.3) is 0 Å². The highest BCUT2D eigenvalue weighted by Crippen LogP contribution is 2.27. The van der Waals surface area contributed by atoms with Crippen LogP contribution >= 0.6 is 24.0 Å². The Balaban J connectivity index is 0.00000225. The first kappa shape index (κ1) is 20.3. The molecule has 1 aliphatic carbocycles. The fraction of sp³-hybridized carbons (Fsp3) is 0.632. The van der Waals surface area contributed by atoms with E-state index in [9.17, 15) is 0 Å². The second kappa shape index (κ2) is 10.9. The zero-order valence-electron chi connectivity index (χ0n) is 15.0. The van der Waals surface area contributed by atoms with Crippen molar-refractivity contribution in [2.75, 3.05) is 26.7 Å². The molecule has 1 fully saturated rings. The molecular formula is C19H30IN3O2. The summed E-state index contributed by atoms with van der Waals surface area (Å²) in [4.78, 5) is 4.27. The summed E-state index contributed by atoms with van der Waals surface area (Å²) in [5.74, 6) is 1.84. The molecule has 0 spiro atoms. The fourth-order valence-electron chi connectivity index (χ4n) is 3.38. The van der Waals surface area contributed by atoms with Crippen molar-refractivity contribution in [1.82, 2.24) is 10.6 Å². The Morgan fingerprint density at radius 1 is 1.24 bits per heavy atom. The first-order valence-corrected chi connectivity index (χ1v) is 9.16. The summed E-state index contributed by atoms with van der Waals surface area (Å²) in [6, 6.07) is 8.24. The summed E-state index contributed by atoms with van der Waals surface area (Å²) in [5, 5.41) is 6.69. The number of guanidine groups is 1. The lowest BCUT2D eigenvalue weighted by Gasteiger charge is -2.16. The van der Waals surface area contributed by atoms with E-state index in [0.717, 1.165) is 44.2 Å². The maximum atomic E-state index is 5.94. The minimum atomic E-state index is 0. The largest absolute Gasteiger partial charge is 0.488 e. The number of hydrogen-bond acceptors (Lipinski definition) is 3. The number of ether oxygens (including phenoxy) is 2. The van der Waals surface area contributed by atoms with Crippen LogP contribution in [0.5, 0.6) is 5.75 Å². The minimum Gasteiger partial charge on any atom is -0.488 e. The Morgan fingerprint density at radius 2 is 2.04 bits per heavy atom.